The number of carbonyl (C=O) groups is 1. The number of amides is 1. The van der Waals surface area contributed by atoms with E-state index >= 15 is 0 Å². The van der Waals surface area contributed by atoms with Gasteiger partial charge in [-0.15, -0.1) is 0 Å². The highest BCUT2D eigenvalue weighted by Crippen LogP contribution is 2.38. The molecule has 1 saturated carbocycles. The molecule has 7 heteroatoms. The Morgan fingerprint density at radius 1 is 1.38 bits per heavy atom. The van der Waals surface area contributed by atoms with Crippen molar-refractivity contribution in [1.82, 2.24) is 15.3 Å². The standard InChI is InChI=1S/C17H18ClN3O3/c1-24-13-6-11(7-20-8-13)16(10-4-12(22)5-10)21-17(23)14-2-3-19-9-15(14)18/h2-3,6-10,12,16,22H,4-5H2,1H3,(H,21,23). The molecule has 2 heterocycles. The van der Waals surface area contributed by atoms with Crippen LogP contribution >= 0.6 is 11.6 Å². The molecule has 24 heavy (non-hydrogen) atoms. The Bertz CT molecular complexity index is 735. The number of aliphatic hydroxyl groups is 1. The largest absolute Gasteiger partial charge is 0.495 e. The zero-order valence-electron chi connectivity index (χ0n) is 13.1. The van der Waals surface area contributed by atoms with Crippen LogP contribution in [0.5, 0.6) is 5.75 Å². The summed E-state index contributed by atoms with van der Waals surface area (Å²) in [6, 6.07) is 3.15. The van der Waals surface area contributed by atoms with Crippen LogP contribution in [0.3, 0.4) is 0 Å². The average molecular weight is 348 g/mol. The van der Waals surface area contributed by atoms with Crippen molar-refractivity contribution in [2.75, 3.05) is 7.11 Å². The Morgan fingerprint density at radius 3 is 2.83 bits per heavy atom. The van der Waals surface area contributed by atoms with E-state index in [0.29, 0.717) is 29.2 Å². The third-order valence-electron chi connectivity index (χ3n) is 4.25. The molecule has 1 amide bonds. The van der Waals surface area contributed by atoms with Crippen molar-refractivity contribution in [3.05, 3.63) is 53.1 Å². The minimum absolute atomic E-state index is 0.137. The number of carbonyl (C=O) groups excluding carboxylic acids is 1. The number of nitrogens with one attached hydrogen (secondary N) is 1. The monoisotopic (exact) mass is 347 g/mol. The fraction of sp³-hybridized carbons (Fsp3) is 0.353. The van der Waals surface area contributed by atoms with Crippen molar-refractivity contribution in [2.45, 2.75) is 25.0 Å². The van der Waals surface area contributed by atoms with Crippen LogP contribution in [0.1, 0.15) is 34.8 Å². The molecule has 2 aromatic heterocycles. The molecule has 2 N–H and O–H groups in total. The summed E-state index contributed by atoms with van der Waals surface area (Å²) in [5.41, 5.74) is 1.21. The van der Waals surface area contributed by atoms with E-state index in [4.69, 9.17) is 16.3 Å². The highest BCUT2D eigenvalue weighted by atomic mass is 35.5. The Morgan fingerprint density at radius 2 is 2.17 bits per heavy atom. The summed E-state index contributed by atoms with van der Waals surface area (Å²) < 4.78 is 5.21. The number of aromatic nitrogens is 2. The molecule has 126 valence electrons. The first-order chi connectivity index (χ1) is 11.6. The fourth-order valence-corrected chi connectivity index (χ4v) is 3.08. The number of aliphatic hydroxyl groups excluding tert-OH is 1. The first-order valence-electron chi connectivity index (χ1n) is 7.66. The number of halogens is 1. The Hall–Kier alpha value is -2.18. The maximum atomic E-state index is 12.6. The summed E-state index contributed by atoms with van der Waals surface area (Å²) in [6.07, 6.45) is 7.21. The first-order valence-corrected chi connectivity index (χ1v) is 8.03. The second kappa shape index (κ2) is 7.15. The third kappa shape index (κ3) is 3.49. The van der Waals surface area contributed by atoms with Crippen LogP contribution in [0.15, 0.2) is 36.9 Å². The molecule has 0 bridgehead atoms. The van der Waals surface area contributed by atoms with E-state index in [-0.39, 0.29) is 24.0 Å². The Balaban J connectivity index is 1.85. The Kier molecular flexibility index (Phi) is 4.97. The molecule has 1 aliphatic carbocycles. The van der Waals surface area contributed by atoms with Crippen LogP contribution in [0.4, 0.5) is 0 Å². The third-order valence-corrected chi connectivity index (χ3v) is 4.56. The lowest BCUT2D eigenvalue weighted by atomic mass is 9.75. The van der Waals surface area contributed by atoms with Crippen molar-refractivity contribution in [1.29, 1.82) is 0 Å². The van der Waals surface area contributed by atoms with Gasteiger partial charge < -0.3 is 15.2 Å². The van der Waals surface area contributed by atoms with E-state index in [1.165, 1.54) is 12.4 Å². The minimum Gasteiger partial charge on any atom is -0.495 e. The topological polar surface area (TPSA) is 84.3 Å². The Labute approximate surface area is 144 Å². The van der Waals surface area contributed by atoms with E-state index < -0.39 is 0 Å². The maximum Gasteiger partial charge on any atom is 0.253 e. The number of pyridine rings is 2. The molecule has 1 atom stereocenters. The summed E-state index contributed by atoms with van der Waals surface area (Å²) in [4.78, 5) is 20.6. The maximum absolute atomic E-state index is 12.6. The number of ether oxygens (including phenoxy) is 1. The van der Waals surface area contributed by atoms with Gasteiger partial charge in [-0.25, -0.2) is 0 Å². The molecule has 0 saturated heterocycles. The van der Waals surface area contributed by atoms with Gasteiger partial charge in [-0.1, -0.05) is 11.6 Å². The molecule has 6 nitrogen and oxygen atoms in total. The van der Waals surface area contributed by atoms with E-state index in [0.717, 1.165) is 5.56 Å². The van der Waals surface area contributed by atoms with Crippen LogP contribution in [-0.4, -0.2) is 34.2 Å². The predicted molar refractivity (Wildman–Crippen MR) is 89.0 cm³/mol. The second-order valence-electron chi connectivity index (χ2n) is 5.85. The van der Waals surface area contributed by atoms with Crippen molar-refractivity contribution < 1.29 is 14.6 Å². The van der Waals surface area contributed by atoms with Crippen molar-refractivity contribution in [2.24, 2.45) is 5.92 Å². The molecule has 3 rings (SSSR count). The van der Waals surface area contributed by atoms with E-state index in [1.807, 2.05) is 6.07 Å². The quantitative estimate of drug-likeness (QED) is 0.867. The summed E-state index contributed by atoms with van der Waals surface area (Å²) in [6.45, 7) is 0. The summed E-state index contributed by atoms with van der Waals surface area (Å²) in [7, 11) is 1.57. The summed E-state index contributed by atoms with van der Waals surface area (Å²) >= 11 is 6.05. The van der Waals surface area contributed by atoms with E-state index in [1.54, 1.807) is 25.6 Å². The van der Waals surface area contributed by atoms with E-state index in [9.17, 15) is 9.90 Å². The molecule has 0 aromatic carbocycles. The molecule has 2 aromatic rings. The van der Waals surface area contributed by atoms with Crippen LogP contribution < -0.4 is 10.1 Å². The van der Waals surface area contributed by atoms with Gasteiger partial charge in [-0.2, -0.15) is 0 Å². The molecular weight excluding hydrogens is 330 g/mol. The van der Waals surface area contributed by atoms with Crippen molar-refractivity contribution in [3.63, 3.8) is 0 Å². The molecule has 0 radical (unpaired) electrons. The van der Waals surface area contributed by atoms with Crippen LogP contribution in [-0.2, 0) is 0 Å². The fourth-order valence-electron chi connectivity index (χ4n) is 2.87. The molecule has 0 spiro atoms. The van der Waals surface area contributed by atoms with Gasteiger partial charge in [0.25, 0.3) is 5.91 Å². The van der Waals surface area contributed by atoms with Crippen molar-refractivity contribution in [3.8, 4) is 5.75 Å². The zero-order valence-corrected chi connectivity index (χ0v) is 13.9. The lowest BCUT2D eigenvalue weighted by Gasteiger charge is -2.38. The molecule has 1 unspecified atom stereocenters. The van der Waals surface area contributed by atoms with E-state index in [2.05, 4.69) is 15.3 Å². The molecule has 0 aliphatic heterocycles. The van der Waals surface area contributed by atoms with Crippen LogP contribution in [0, 0.1) is 5.92 Å². The predicted octanol–water partition coefficient (Wildman–Crippen LogP) is 2.38. The van der Waals surface area contributed by atoms with Gasteiger partial charge in [0.05, 0.1) is 36.0 Å². The van der Waals surface area contributed by atoms with Gasteiger partial charge >= 0.3 is 0 Å². The number of rotatable bonds is 5. The summed E-state index contributed by atoms with van der Waals surface area (Å²) in [5, 5.41) is 12.9. The molecular formula is C17H18ClN3O3. The van der Waals surface area contributed by atoms with Gasteiger partial charge in [-0.05, 0) is 36.5 Å². The van der Waals surface area contributed by atoms with Gasteiger partial charge in [0.2, 0.25) is 0 Å². The summed E-state index contributed by atoms with van der Waals surface area (Å²) in [5.74, 6) is 0.476. The molecule has 1 aliphatic rings. The number of hydrogen-bond acceptors (Lipinski definition) is 5. The lowest BCUT2D eigenvalue weighted by molar-refractivity contribution is 0.0234. The molecule has 1 fully saturated rings. The van der Waals surface area contributed by atoms with Crippen LogP contribution in [0.25, 0.3) is 0 Å². The smallest absolute Gasteiger partial charge is 0.253 e. The average Bonchev–Trinajstić information content (AvgIpc) is 2.57. The zero-order chi connectivity index (χ0) is 17.1. The number of nitrogens with zero attached hydrogens (tertiary/aromatic N) is 2. The number of methoxy groups -OCH3 is 1. The second-order valence-corrected chi connectivity index (χ2v) is 6.26. The van der Waals surface area contributed by atoms with Crippen molar-refractivity contribution >= 4 is 17.5 Å². The van der Waals surface area contributed by atoms with Gasteiger partial charge in [0.15, 0.2) is 0 Å². The SMILES string of the molecule is COc1cncc(C(NC(=O)c2ccncc2Cl)C2CC(O)C2)c1. The number of hydrogen-bond donors (Lipinski definition) is 2. The highest BCUT2D eigenvalue weighted by molar-refractivity contribution is 6.33. The minimum atomic E-state index is -0.322. The first kappa shape index (κ1) is 16.7. The normalized spacial score (nSPS) is 20.8. The van der Waals surface area contributed by atoms with Gasteiger partial charge in [0, 0.05) is 18.6 Å². The van der Waals surface area contributed by atoms with Crippen LogP contribution in [0.2, 0.25) is 5.02 Å². The lowest BCUT2D eigenvalue weighted by Crippen LogP contribution is -2.41. The van der Waals surface area contributed by atoms with Gasteiger partial charge in [-0.3, -0.25) is 14.8 Å². The highest BCUT2D eigenvalue weighted by Gasteiger charge is 2.36. The van der Waals surface area contributed by atoms with Gasteiger partial charge in [0.1, 0.15) is 5.75 Å².